The van der Waals surface area contributed by atoms with Gasteiger partial charge >= 0.3 is 12.5 Å². The summed E-state index contributed by atoms with van der Waals surface area (Å²) in [4.78, 5) is 25.8. The lowest BCUT2D eigenvalue weighted by molar-refractivity contribution is -0.274. The van der Waals surface area contributed by atoms with Crippen molar-refractivity contribution >= 4 is 17.3 Å². The molecular weight excluding hydrogens is 553 g/mol. The normalized spacial score (nSPS) is 14.6. The zero-order valence-electron chi connectivity index (χ0n) is 23.0. The van der Waals surface area contributed by atoms with Gasteiger partial charge in [-0.2, -0.15) is 0 Å². The van der Waals surface area contributed by atoms with Crippen molar-refractivity contribution in [3.05, 3.63) is 72.7 Å². The van der Waals surface area contributed by atoms with E-state index in [2.05, 4.69) is 36.9 Å². The van der Waals surface area contributed by atoms with E-state index < -0.39 is 12.5 Å². The number of amides is 1. The number of carbonyl (C=O) groups excluding carboxylic acids is 1. The fourth-order valence-electron chi connectivity index (χ4n) is 4.49. The van der Waals surface area contributed by atoms with Gasteiger partial charge in [0.05, 0.1) is 6.20 Å². The molecule has 1 aliphatic rings. The summed E-state index contributed by atoms with van der Waals surface area (Å²) >= 11 is 0. The highest BCUT2D eigenvalue weighted by Gasteiger charge is 2.31. The van der Waals surface area contributed by atoms with E-state index in [0.717, 1.165) is 44.8 Å². The van der Waals surface area contributed by atoms with E-state index in [1.165, 1.54) is 30.5 Å². The molecule has 1 N–H and O–H groups in total. The van der Waals surface area contributed by atoms with Crippen LogP contribution in [0.1, 0.15) is 12.0 Å². The van der Waals surface area contributed by atoms with Crippen molar-refractivity contribution in [1.82, 2.24) is 29.7 Å². The summed E-state index contributed by atoms with van der Waals surface area (Å²) in [5.41, 5.74) is 2.63. The molecule has 222 valence electrons. The van der Waals surface area contributed by atoms with Gasteiger partial charge in [0.1, 0.15) is 29.9 Å². The van der Waals surface area contributed by atoms with Gasteiger partial charge in [0.15, 0.2) is 11.4 Å². The van der Waals surface area contributed by atoms with E-state index in [1.807, 2.05) is 12.1 Å². The second kappa shape index (κ2) is 13.1. The van der Waals surface area contributed by atoms with Crippen LogP contribution in [0.5, 0.6) is 17.2 Å². The molecule has 1 amide bonds. The fourth-order valence-corrected chi connectivity index (χ4v) is 4.49. The van der Waals surface area contributed by atoms with Gasteiger partial charge < -0.3 is 29.3 Å². The van der Waals surface area contributed by atoms with Gasteiger partial charge in [0.25, 0.3) is 0 Å². The number of alkyl halides is 3. The standard InChI is InChI=1S/C29H31F3N6O4/c1-36-13-15-37(16-14-36)12-2-11-33-28(39)41-25-17-26-27(34-18-25)38(20-35-26)22-5-9-23(10-6-22)40-19-21-3-7-24(8-4-21)42-29(30,31)32/h3-10,17-18,20H,2,11-16,19H2,1H3,(H,33,39). The predicted molar refractivity (Wildman–Crippen MR) is 149 cm³/mol. The smallest absolute Gasteiger partial charge is 0.489 e. The van der Waals surface area contributed by atoms with Crippen LogP contribution in [-0.2, 0) is 6.61 Å². The third-order valence-corrected chi connectivity index (χ3v) is 6.77. The van der Waals surface area contributed by atoms with Crippen LogP contribution in [0.25, 0.3) is 16.9 Å². The molecule has 2 aromatic heterocycles. The van der Waals surface area contributed by atoms with E-state index in [1.54, 1.807) is 29.1 Å². The number of benzene rings is 2. The van der Waals surface area contributed by atoms with Gasteiger partial charge in [-0.3, -0.25) is 4.57 Å². The van der Waals surface area contributed by atoms with Crippen molar-refractivity contribution < 1.29 is 32.2 Å². The maximum absolute atomic E-state index is 12.3. The summed E-state index contributed by atoms with van der Waals surface area (Å²) < 4.78 is 53.8. The Hall–Kier alpha value is -4.36. The van der Waals surface area contributed by atoms with Crippen molar-refractivity contribution in [3.63, 3.8) is 0 Å². The SMILES string of the molecule is CN1CCN(CCCNC(=O)Oc2cnc3c(c2)ncn3-c2ccc(OCc3ccc(OC(F)(F)F)cc3)cc2)CC1. The van der Waals surface area contributed by atoms with Crippen LogP contribution in [0.3, 0.4) is 0 Å². The lowest BCUT2D eigenvalue weighted by Gasteiger charge is -2.32. The largest absolute Gasteiger partial charge is 0.573 e. The Morgan fingerprint density at radius 2 is 1.67 bits per heavy atom. The lowest BCUT2D eigenvalue weighted by atomic mass is 10.2. The highest BCUT2D eigenvalue weighted by Crippen LogP contribution is 2.25. The van der Waals surface area contributed by atoms with Crippen LogP contribution in [-0.4, -0.2) is 83.1 Å². The summed E-state index contributed by atoms with van der Waals surface area (Å²) in [5, 5.41) is 2.79. The minimum atomic E-state index is -4.73. The number of rotatable bonds is 10. The Morgan fingerprint density at radius 3 is 2.38 bits per heavy atom. The third-order valence-electron chi connectivity index (χ3n) is 6.77. The van der Waals surface area contributed by atoms with Crippen LogP contribution < -0.4 is 19.5 Å². The van der Waals surface area contributed by atoms with Crippen molar-refractivity contribution in [2.24, 2.45) is 0 Å². The average Bonchev–Trinajstić information content (AvgIpc) is 3.39. The molecule has 42 heavy (non-hydrogen) atoms. The molecule has 5 rings (SSSR count). The molecule has 4 aromatic rings. The Morgan fingerprint density at radius 1 is 0.952 bits per heavy atom. The first-order valence-electron chi connectivity index (χ1n) is 13.5. The third kappa shape index (κ3) is 8.10. The highest BCUT2D eigenvalue weighted by molar-refractivity contribution is 5.76. The number of ether oxygens (including phenoxy) is 3. The van der Waals surface area contributed by atoms with Crippen LogP contribution in [0.4, 0.5) is 18.0 Å². The Balaban J connectivity index is 1.10. The van der Waals surface area contributed by atoms with Gasteiger partial charge in [-0.25, -0.2) is 14.8 Å². The zero-order valence-corrected chi connectivity index (χ0v) is 23.0. The summed E-state index contributed by atoms with van der Waals surface area (Å²) in [6.07, 6.45) is -1.31. The van der Waals surface area contributed by atoms with E-state index in [9.17, 15) is 18.0 Å². The molecule has 2 aromatic carbocycles. The number of pyridine rings is 1. The van der Waals surface area contributed by atoms with Gasteiger partial charge in [-0.15, -0.1) is 13.2 Å². The number of nitrogens with zero attached hydrogens (tertiary/aromatic N) is 5. The zero-order chi connectivity index (χ0) is 29.5. The quantitative estimate of drug-likeness (QED) is 0.270. The molecule has 1 fully saturated rings. The van der Waals surface area contributed by atoms with Crippen molar-refractivity contribution in [2.75, 3.05) is 46.3 Å². The first-order valence-corrected chi connectivity index (χ1v) is 13.5. The number of aromatic nitrogens is 3. The number of halogens is 3. The molecule has 0 bridgehead atoms. The molecular formula is C29H31F3N6O4. The van der Waals surface area contributed by atoms with Gasteiger partial charge in [0.2, 0.25) is 0 Å². The molecule has 10 nitrogen and oxygen atoms in total. The van der Waals surface area contributed by atoms with Crippen molar-refractivity contribution in [1.29, 1.82) is 0 Å². The van der Waals surface area contributed by atoms with Crippen LogP contribution >= 0.6 is 0 Å². The van der Waals surface area contributed by atoms with Gasteiger partial charge in [-0.1, -0.05) is 12.1 Å². The minimum Gasteiger partial charge on any atom is -0.489 e. The van der Waals surface area contributed by atoms with Crippen molar-refractivity contribution in [2.45, 2.75) is 19.4 Å². The average molecular weight is 585 g/mol. The molecule has 0 unspecified atom stereocenters. The van der Waals surface area contributed by atoms with Crippen LogP contribution in [0, 0.1) is 0 Å². The molecule has 0 saturated carbocycles. The summed E-state index contributed by atoms with van der Waals surface area (Å²) in [7, 11) is 2.12. The summed E-state index contributed by atoms with van der Waals surface area (Å²) in [6, 6.07) is 14.4. The number of fused-ring (bicyclic) bond motifs is 1. The number of nitrogens with one attached hydrogen (secondary N) is 1. The number of hydrogen-bond acceptors (Lipinski definition) is 8. The van der Waals surface area contributed by atoms with Gasteiger partial charge in [0, 0.05) is 44.5 Å². The van der Waals surface area contributed by atoms with E-state index >= 15 is 0 Å². The lowest BCUT2D eigenvalue weighted by Crippen LogP contribution is -2.45. The monoisotopic (exact) mass is 584 g/mol. The summed E-state index contributed by atoms with van der Waals surface area (Å²) in [5.74, 6) is 0.592. The first kappa shape index (κ1) is 29.1. The number of hydrogen-bond donors (Lipinski definition) is 1. The Labute approximate surface area is 240 Å². The molecule has 1 saturated heterocycles. The molecule has 1 aliphatic heterocycles. The van der Waals surface area contributed by atoms with Crippen molar-refractivity contribution in [3.8, 4) is 22.9 Å². The minimum absolute atomic E-state index is 0.174. The van der Waals surface area contributed by atoms with E-state index in [-0.39, 0.29) is 12.4 Å². The Kier molecular flexibility index (Phi) is 9.08. The fraction of sp³-hybridized carbons (Fsp3) is 0.345. The van der Waals surface area contributed by atoms with Crippen LogP contribution in [0.2, 0.25) is 0 Å². The molecule has 0 aliphatic carbocycles. The first-order chi connectivity index (χ1) is 20.2. The number of likely N-dealkylation sites (N-methyl/N-ethyl adjacent to an activating group) is 1. The second-order valence-electron chi connectivity index (χ2n) is 9.92. The van der Waals surface area contributed by atoms with E-state index in [0.29, 0.717) is 34.8 Å². The second-order valence-corrected chi connectivity index (χ2v) is 9.92. The predicted octanol–water partition coefficient (Wildman–Crippen LogP) is 4.62. The maximum atomic E-state index is 12.3. The van der Waals surface area contributed by atoms with Gasteiger partial charge in [-0.05, 0) is 62.0 Å². The number of carbonyl (C=O) groups is 1. The van der Waals surface area contributed by atoms with E-state index in [4.69, 9.17) is 9.47 Å². The Bertz CT molecular complexity index is 1470. The molecule has 0 atom stereocenters. The molecule has 0 radical (unpaired) electrons. The number of imidazole rings is 1. The molecule has 0 spiro atoms. The highest BCUT2D eigenvalue weighted by atomic mass is 19.4. The summed E-state index contributed by atoms with van der Waals surface area (Å²) in [6.45, 7) is 5.85. The topological polar surface area (TPSA) is 94.0 Å². The molecule has 13 heteroatoms. The maximum Gasteiger partial charge on any atom is 0.573 e. The number of piperazine rings is 1. The molecule has 3 heterocycles. The van der Waals surface area contributed by atoms with Crippen LogP contribution in [0.15, 0.2) is 67.1 Å².